The van der Waals surface area contributed by atoms with Crippen molar-refractivity contribution in [2.75, 3.05) is 5.32 Å². The largest absolute Gasteiger partial charge is 0.310 e. The molecule has 0 aliphatic carbocycles. The SMILES string of the molecule is Cc1ccc(C)c(CC(=O)Nc2cc(Cl)ncn2)c1. The molecule has 0 spiro atoms. The maximum Gasteiger partial charge on any atom is 0.229 e. The van der Waals surface area contributed by atoms with Gasteiger partial charge < -0.3 is 5.32 Å². The third-order valence-electron chi connectivity index (χ3n) is 2.76. The van der Waals surface area contributed by atoms with E-state index in [9.17, 15) is 4.79 Å². The number of benzene rings is 1. The maximum absolute atomic E-state index is 11.9. The lowest BCUT2D eigenvalue weighted by Crippen LogP contribution is -2.16. The Kier molecular flexibility index (Phi) is 4.12. The van der Waals surface area contributed by atoms with E-state index in [4.69, 9.17) is 11.6 Å². The minimum Gasteiger partial charge on any atom is -0.310 e. The van der Waals surface area contributed by atoms with Gasteiger partial charge in [0.1, 0.15) is 17.3 Å². The van der Waals surface area contributed by atoms with Crippen LogP contribution in [-0.4, -0.2) is 15.9 Å². The van der Waals surface area contributed by atoms with Gasteiger partial charge in [0.25, 0.3) is 0 Å². The van der Waals surface area contributed by atoms with E-state index < -0.39 is 0 Å². The van der Waals surface area contributed by atoms with Crippen molar-refractivity contribution in [1.29, 1.82) is 0 Å². The van der Waals surface area contributed by atoms with Crippen molar-refractivity contribution in [1.82, 2.24) is 9.97 Å². The Balaban J connectivity index is 2.07. The number of rotatable bonds is 3. The van der Waals surface area contributed by atoms with Crippen molar-refractivity contribution >= 4 is 23.3 Å². The molecule has 1 aromatic carbocycles. The molecule has 0 atom stereocenters. The first kappa shape index (κ1) is 13.5. The summed E-state index contributed by atoms with van der Waals surface area (Å²) in [5.41, 5.74) is 3.25. The van der Waals surface area contributed by atoms with Gasteiger partial charge in [0.15, 0.2) is 0 Å². The fourth-order valence-electron chi connectivity index (χ4n) is 1.75. The molecule has 1 heterocycles. The van der Waals surface area contributed by atoms with E-state index in [-0.39, 0.29) is 5.91 Å². The Morgan fingerprint density at radius 1 is 1.26 bits per heavy atom. The van der Waals surface area contributed by atoms with E-state index in [0.717, 1.165) is 16.7 Å². The molecular weight excluding hydrogens is 262 g/mol. The lowest BCUT2D eigenvalue weighted by atomic mass is 10.0. The molecule has 1 aromatic heterocycles. The average Bonchev–Trinajstić information content (AvgIpc) is 2.34. The Morgan fingerprint density at radius 2 is 2.05 bits per heavy atom. The first-order valence-electron chi connectivity index (χ1n) is 5.88. The Morgan fingerprint density at radius 3 is 2.79 bits per heavy atom. The predicted octanol–water partition coefficient (Wildman–Crippen LogP) is 2.93. The average molecular weight is 276 g/mol. The van der Waals surface area contributed by atoms with Gasteiger partial charge in [0.05, 0.1) is 6.42 Å². The number of anilines is 1. The van der Waals surface area contributed by atoms with E-state index in [1.807, 2.05) is 32.0 Å². The van der Waals surface area contributed by atoms with Crippen molar-refractivity contribution in [2.24, 2.45) is 0 Å². The second-order valence-electron chi connectivity index (χ2n) is 4.38. The van der Waals surface area contributed by atoms with E-state index in [1.54, 1.807) is 0 Å². The first-order valence-corrected chi connectivity index (χ1v) is 6.26. The fourth-order valence-corrected chi connectivity index (χ4v) is 1.90. The van der Waals surface area contributed by atoms with E-state index in [2.05, 4.69) is 15.3 Å². The van der Waals surface area contributed by atoms with Crippen LogP contribution in [0.3, 0.4) is 0 Å². The van der Waals surface area contributed by atoms with Crippen molar-refractivity contribution in [2.45, 2.75) is 20.3 Å². The lowest BCUT2D eigenvalue weighted by Gasteiger charge is -2.08. The van der Waals surface area contributed by atoms with E-state index in [0.29, 0.717) is 17.4 Å². The van der Waals surface area contributed by atoms with E-state index in [1.165, 1.54) is 12.4 Å². The predicted molar refractivity (Wildman–Crippen MR) is 75.3 cm³/mol. The Labute approximate surface area is 116 Å². The Hall–Kier alpha value is -1.94. The van der Waals surface area contributed by atoms with Gasteiger partial charge in [-0.15, -0.1) is 0 Å². The van der Waals surface area contributed by atoms with Gasteiger partial charge in [-0.05, 0) is 25.0 Å². The minimum absolute atomic E-state index is 0.122. The van der Waals surface area contributed by atoms with Crippen molar-refractivity contribution in [3.05, 3.63) is 52.4 Å². The number of amides is 1. The molecule has 1 N–H and O–H groups in total. The van der Waals surface area contributed by atoms with Gasteiger partial charge in [-0.3, -0.25) is 4.79 Å². The highest BCUT2D eigenvalue weighted by atomic mass is 35.5. The van der Waals surface area contributed by atoms with Gasteiger partial charge >= 0.3 is 0 Å². The second-order valence-corrected chi connectivity index (χ2v) is 4.77. The van der Waals surface area contributed by atoms with Crippen LogP contribution in [-0.2, 0) is 11.2 Å². The van der Waals surface area contributed by atoms with Gasteiger partial charge in [0, 0.05) is 6.07 Å². The quantitative estimate of drug-likeness (QED) is 0.876. The molecule has 19 heavy (non-hydrogen) atoms. The molecule has 98 valence electrons. The van der Waals surface area contributed by atoms with Crippen LogP contribution in [0.2, 0.25) is 5.15 Å². The van der Waals surface area contributed by atoms with Crippen molar-refractivity contribution in [3.8, 4) is 0 Å². The van der Waals surface area contributed by atoms with Crippen LogP contribution >= 0.6 is 11.6 Å². The summed E-state index contributed by atoms with van der Waals surface area (Å²) < 4.78 is 0. The zero-order valence-corrected chi connectivity index (χ0v) is 11.5. The fraction of sp³-hybridized carbons (Fsp3) is 0.214. The molecule has 1 amide bonds. The van der Waals surface area contributed by atoms with E-state index >= 15 is 0 Å². The molecule has 0 aliphatic rings. The summed E-state index contributed by atoms with van der Waals surface area (Å²) in [7, 11) is 0. The normalized spacial score (nSPS) is 10.3. The second kappa shape index (κ2) is 5.80. The monoisotopic (exact) mass is 275 g/mol. The molecule has 5 heteroatoms. The first-order chi connectivity index (χ1) is 9.04. The van der Waals surface area contributed by atoms with Crippen molar-refractivity contribution < 1.29 is 4.79 Å². The summed E-state index contributed by atoms with van der Waals surface area (Å²) in [6.07, 6.45) is 1.63. The van der Waals surface area contributed by atoms with Crippen LogP contribution in [0.5, 0.6) is 0 Å². The summed E-state index contributed by atoms with van der Waals surface area (Å²) in [6, 6.07) is 7.57. The molecule has 0 unspecified atom stereocenters. The zero-order valence-electron chi connectivity index (χ0n) is 10.8. The number of hydrogen-bond acceptors (Lipinski definition) is 3. The number of aryl methyl sites for hydroxylation is 2. The summed E-state index contributed by atoms with van der Waals surface area (Å²) in [5, 5.41) is 3.01. The highest BCUT2D eigenvalue weighted by Gasteiger charge is 2.08. The standard InChI is InChI=1S/C14H14ClN3O/c1-9-3-4-10(2)11(5-9)6-14(19)18-13-7-12(15)16-8-17-13/h3-5,7-8H,6H2,1-2H3,(H,16,17,18,19). The number of nitrogens with one attached hydrogen (secondary N) is 1. The topological polar surface area (TPSA) is 54.9 Å². The van der Waals surface area contributed by atoms with Crippen LogP contribution in [0, 0.1) is 13.8 Å². The molecule has 0 saturated heterocycles. The molecule has 0 fully saturated rings. The molecule has 0 bridgehead atoms. The van der Waals surface area contributed by atoms with Gasteiger partial charge in [-0.2, -0.15) is 0 Å². The molecular formula is C14H14ClN3O. The van der Waals surface area contributed by atoms with Crippen molar-refractivity contribution in [3.63, 3.8) is 0 Å². The molecule has 0 radical (unpaired) electrons. The number of aromatic nitrogens is 2. The number of carbonyl (C=O) groups excluding carboxylic acids is 1. The molecule has 0 saturated carbocycles. The number of hydrogen-bond donors (Lipinski definition) is 1. The molecule has 0 aliphatic heterocycles. The number of halogens is 1. The lowest BCUT2D eigenvalue weighted by molar-refractivity contribution is -0.115. The zero-order chi connectivity index (χ0) is 13.8. The third kappa shape index (κ3) is 3.76. The highest BCUT2D eigenvalue weighted by molar-refractivity contribution is 6.29. The van der Waals surface area contributed by atoms with Gasteiger partial charge in [-0.25, -0.2) is 9.97 Å². The third-order valence-corrected chi connectivity index (χ3v) is 2.96. The van der Waals surface area contributed by atoms with Crippen LogP contribution in [0.15, 0.2) is 30.6 Å². The molecule has 4 nitrogen and oxygen atoms in total. The molecule has 2 aromatic rings. The minimum atomic E-state index is -0.122. The Bertz CT molecular complexity index is 613. The van der Waals surface area contributed by atoms with Gasteiger partial charge in [0.2, 0.25) is 5.91 Å². The highest BCUT2D eigenvalue weighted by Crippen LogP contribution is 2.13. The summed E-state index contributed by atoms with van der Waals surface area (Å²) in [4.78, 5) is 19.6. The van der Waals surface area contributed by atoms with Crippen LogP contribution in [0.1, 0.15) is 16.7 Å². The summed E-state index contributed by atoms with van der Waals surface area (Å²) in [6.45, 7) is 3.99. The number of nitrogens with zero attached hydrogens (tertiary/aromatic N) is 2. The number of carbonyl (C=O) groups is 1. The summed E-state index contributed by atoms with van der Waals surface area (Å²) in [5.74, 6) is 0.291. The smallest absolute Gasteiger partial charge is 0.229 e. The maximum atomic E-state index is 11.9. The van der Waals surface area contributed by atoms with Crippen LogP contribution in [0.4, 0.5) is 5.82 Å². The van der Waals surface area contributed by atoms with Crippen LogP contribution < -0.4 is 5.32 Å². The molecule has 2 rings (SSSR count). The summed E-state index contributed by atoms with van der Waals surface area (Å²) >= 11 is 5.73. The van der Waals surface area contributed by atoms with Gasteiger partial charge in [-0.1, -0.05) is 35.4 Å². The van der Waals surface area contributed by atoms with Crippen LogP contribution in [0.25, 0.3) is 0 Å².